The highest BCUT2D eigenvalue weighted by atomic mass is 31.2. The normalized spacial score (nSPS) is 14.9. The van der Waals surface area contributed by atoms with Crippen molar-refractivity contribution in [1.29, 1.82) is 0 Å². The van der Waals surface area contributed by atoms with Crippen LogP contribution in [0.4, 0.5) is 0 Å². The lowest BCUT2D eigenvalue weighted by atomic mass is 10.0. The van der Waals surface area contributed by atoms with Gasteiger partial charge in [-0.05, 0) is 24.4 Å². The van der Waals surface area contributed by atoms with E-state index in [-0.39, 0.29) is 0 Å². The lowest BCUT2D eigenvalue weighted by Crippen LogP contribution is -2.31. The zero-order valence-electron chi connectivity index (χ0n) is 23.7. The highest BCUT2D eigenvalue weighted by molar-refractivity contribution is 7.53. The Balaban J connectivity index is 2.24. The van der Waals surface area contributed by atoms with E-state index in [1.807, 2.05) is 6.07 Å². The third-order valence-electron chi connectivity index (χ3n) is 6.92. The quantitative estimate of drug-likeness (QED) is 0.0897. The van der Waals surface area contributed by atoms with Gasteiger partial charge in [-0.2, -0.15) is 0 Å². The number of nitrogens with one attached hydrogen (secondary N) is 1. The van der Waals surface area contributed by atoms with Crippen molar-refractivity contribution in [2.24, 2.45) is 5.92 Å². The molecule has 0 bridgehead atoms. The number of unbranched alkanes of at least 4 members (excludes halogenated alkanes) is 15. The molecule has 6 nitrogen and oxygen atoms in total. The molecule has 7 heteroatoms. The molecule has 214 valence electrons. The molecular weight excluding hydrogens is 485 g/mol. The molecule has 0 aromatic heterocycles. The fourth-order valence-electron chi connectivity index (χ4n) is 4.64. The molecule has 1 rings (SSSR count). The maximum absolute atomic E-state index is 13.1. The van der Waals surface area contributed by atoms with E-state index in [1.54, 1.807) is 38.1 Å². The first-order valence-electron chi connectivity index (χ1n) is 14.8. The van der Waals surface area contributed by atoms with Crippen molar-refractivity contribution in [2.75, 3.05) is 6.54 Å². The zero-order chi connectivity index (χ0) is 27.4. The summed E-state index contributed by atoms with van der Waals surface area (Å²) >= 11 is 0. The Labute approximate surface area is 226 Å². The number of aliphatic carboxylic acids is 1. The summed E-state index contributed by atoms with van der Waals surface area (Å²) in [6.45, 7) is 6.17. The van der Waals surface area contributed by atoms with E-state index in [0.29, 0.717) is 12.1 Å². The number of carbonyl (C=O) groups is 1. The van der Waals surface area contributed by atoms with E-state index >= 15 is 0 Å². The van der Waals surface area contributed by atoms with Crippen LogP contribution in [0, 0.1) is 5.92 Å². The van der Waals surface area contributed by atoms with Gasteiger partial charge in [0.1, 0.15) is 5.78 Å². The molecular formula is C30H54NO5P. The van der Waals surface area contributed by atoms with Crippen LogP contribution in [0.3, 0.4) is 0 Å². The molecule has 37 heavy (non-hydrogen) atoms. The van der Waals surface area contributed by atoms with E-state index in [0.717, 1.165) is 19.3 Å². The van der Waals surface area contributed by atoms with Crippen molar-refractivity contribution in [3.8, 4) is 0 Å². The monoisotopic (exact) mass is 539 g/mol. The minimum atomic E-state index is -4.27. The van der Waals surface area contributed by atoms with Crippen LogP contribution < -0.4 is 5.32 Å². The minimum Gasteiger partial charge on any atom is -0.479 e. The molecule has 2 unspecified atom stereocenters. The molecule has 1 aromatic rings. The van der Waals surface area contributed by atoms with Crippen LogP contribution in [0.15, 0.2) is 30.3 Å². The summed E-state index contributed by atoms with van der Waals surface area (Å²) in [4.78, 5) is 22.3. The van der Waals surface area contributed by atoms with Crippen molar-refractivity contribution >= 4 is 13.6 Å². The molecule has 0 fully saturated rings. The second-order valence-electron chi connectivity index (χ2n) is 10.7. The highest BCUT2D eigenvalue weighted by Gasteiger charge is 2.39. The third kappa shape index (κ3) is 15.7. The standard InChI is InChI=1S/C30H54NO5P/c1-4-5-6-7-8-9-10-11-12-13-14-15-16-17-18-22-25-31-29(27-23-20-19-21-24-27)37(34,35)36-28(26(2)3)30(32)33/h19-21,23-24,26,28-29,31H,4-18,22,25H2,1-3H3,(H,32,33)(H,34,35)/t28?,29-/m0/s1. The Morgan fingerprint density at radius 2 is 1.24 bits per heavy atom. The number of carboxylic acids is 1. The predicted molar refractivity (Wildman–Crippen MR) is 154 cm³/mol. The maximum atomic E-state index is 13.1. The van der Waals surface area contributed by atoms with Gasteiger partial charge in [0, 0.05) is 0 Å². The molecule has 0 radical (unpaired) electrons. The molecule has 0 saturated carbocycles. The Hall–Kier alpha value is -1.20. The molecule has 0 aliphatic rings. The van der Waals surface area contributed by atoms with Crippen LogP contribution in [0.25, 0.3) is 0 Å². The molecule has 0 amide bonds. The molecule has 0 spiro atoms. The van der Waals surface area contributed by atoms with Gasteiger partial charge in [-0.1, -0.05) is 147 Å². The Bertz CT molecular complexity index is 743. The molecule has 0 aliphatic carbocycles. The molecule has 0 saturated heterocycles. The molecule has 3 N–H and O–H groups in total. The van der Waals surface area contributed by atoms with E-state index < -0.39 is 31.4 Å². The van der Waals surface area contributed by atoms with Gasteiger partial charge in [0.15, 0.2) is 6.10 Å². The average molecular weight is 540 g/mol. The van der Waals surface area contributed by atoms with Gasteiger partial charge >= 0.3 is 13.6 Å². The van der Waals surface area contributed by atoms with Crippen LogP contribution in [-0.4, -0.2) is 28.6 Å². The van der Waals surface area contributed by atoms with Gasteiger partial charge in [0.25, 0.3) is 0 Å². The number of carboxylic acid groups (broad SMARTS) is 1. The fraction of sp³-hybridized carbons (Fsp3) is 0.767. The summed E-state index contributed by atoms with van der Waals surface area (Å²) in [5.41, 5.74) is 0.623. The molecule has 1 aromatic carbocycles. The topological polar surface area (TPSA) is 95.9 Å². The van der Waals surface area contributed by atoms with Crippen molar-refractivity contribution in [1.82, 2.24) is 5.32 Å². The van der Waals surface area contributed by atoms with E-state index in [1.165, 1.54) is 83.5 Å². The fourth-order valence-corrected chi connectivity index (χ4v) is 6.33. The first-order valence-corrected chi connectivity index (χ1v) is 16.5. The Kier molecular flexibility index (Phi) is 18.9. The number of hydrogen-bond acceptors (Lipinski definition) is 4. The number of hydrogen-bond donors (Lipinski definition) is 3. The molecule has 0 aliphatic heterocycles. The average Bonchev–Trinajstić information content (AvgIpc) is 2.86. The van der Waals surface area contributed by atoms with Crippen molar-refractivity contribution < 1.29 is 23.9 Å². The summed E-state index contributed by atoms with van der Waals surface area (Å²) in [6.07, 6.45) is 19.4. The van der Waals surface area contributed by atoms with Crippen LogP contribution in [-0.2, 0) is 13.9 Å². The van der Waals surface area contributed by atoms with E-state index in [9.17, 15) is 19.4 Å². The maximum Gasteiger partial charge on any atom is 0.350 e. The van der Waals surface area contributed by atoms with Crippen LogP contribution in [0.1, 0.15) is 135 Å². The Morgan fingerprint density at radius 3 is 1.65 bits per heavy atom. The van der Waals surface area contributed by atoms with Gasteiger partial charge in [-0.15, -0.1) is 0 Å². The van der Waals surface area contributed by atoms with Crippen molar-refractivity contribution in [2.45, 2.75) is 135 Å². The SMILES string of the molecule is CCCCCCCCCCCCCCCCCCN[C@H](c1ccccc1)P(=O)(O)OC(C(=O)O)C(C)C. The smallest absolute Gasteiger partial charge is 0.350 e. The van der Waals surface area contributed by atoms with Crippen LogP contribution in [0.2, 0.25) is 0 Å². The second kappa shape index (κ2) is 20.7. The zero-order valence-corrected chi connectivity index (χ0v) is 24.6. The second-order valence-corrected chi connectivity index (χ2v) is 12.6. The highest BCUT2D eigenvalue weighted by Crippen LogP contribution is 2.56. The third-order valence-corrected chi connectivity index (χ3v) is 8.59. The summed E-state index contributed by atoms with van der Waals surface area (Å²) in [5.74, 6) is -2.60. The van der Waals surface area contributed by atoms with Crippen molar-refractivity contribution in [3.63, 3.8) is 0 Å². The predicted octanol–water partition coefficient (Wildman–Crippen LogP) is 8.85. The number of benzene rings is 1. The first-order chi connectivity index (χ1) is 17.8. The summed E-state index contributed by atoms with van der Waals surface area (Å²) in [7, 11) is -4.27. The molecule has 0 heterocycles. The Morgan fingerprint density at radius 1 is 0.811 bits per heavy atom. The van der Waals surface area contributed by atoms with Crippen LogP contribution in [0.5, 0.6) is 0 Å². The first kappa shape index (κ1) is 33.8. The lowest BCUT2D eigenvalue weighted by Gasteiger charge is -2.28. The molecule has 3 atom stereocenters. The van der Waals surface area contributed by atoms with Gasteiger partial charge < -0.3 is 10.00 Å². The van der Waals surface area contributed by atoms with Gasteiger partial charge in [-0.25, -0.2) is 4.79 Å². The van der Waals surface area contributed by atoms with E-state index in [2.05, 4.69) is 12.2 Å². The summed E-state index contributed by atoms with van der Waals surface area (Å²) < 4.78 is 18.5. The largest absolute Gasteiger partial charge is 0.479 e. The minimum absolute atomic E-state index is 0.422. The van der Waals surface area contributed by atoms with Gasteiger partial charge in [-0.3, -0.25) is 14.4 Å². The summed E-state index contributed by atoms with van der Waals surface area (Å²) in [5, 5.41) is 12.6. The van der Waals surface area contributed by atoms with Crippen LogP contribution >= 0.6 is 7.60 Å². The van der Waals surface area contributed by atoms with Gasteiger partial charge in [0.2, 0.25) is 0 Å². The van der Waals surface area contributed by atoms with Gasteiger partial charge in [0.05, 0.1) is 0 Å². The van der Waals surface area contributed by atoms with Crippen molar-refractivity contribution in [3.05, 3.63) is 35.9 Å². The summed E-state index contributed by atoms with van der Waals surface area (Å²) in [6, 6.07) is 8.98. The lowest BCUT2D eigenvalue weighted by molar-refractivity contribution is -0.147. The number of rotatable bonds is 24. The van der Waals surface area contributed by atoms with E-state index in [4.69, 9.17) is 4.52 Å².